The Balaban J connectivity index is 2.06. The van der Waals surface area contributed by atoms with Crippen LogP contribution >= 0.6 is 23.4 Å². The lowest BCUT2D eigenvalue weighted by molar-refractivity contribution is -0.143. The zero-order valence-corrected chi connectivity index (χ0v) is 11.7. The number of carboxylic acid groups (broad SMARTS) is 1. The van der Waals surface area contributed by atoms with Gasteiger partial charge in [0.2, 0.25) is 0 Å². The molecule has 1 saturated carbocycles. The number of halogens is 1. The summed E-state index contributed by atoms with van der Waals surface area (Å²) in [5.74, 6) is -1.36. The van der Waals surface area contributed by atoms with Crippen molar-refractivity contribution in [3.8, 4) is 0 Å². The van der Waals surface area contributed by atoms with Crippen LogP contribution in [0.3, 0.4) is 0 Å². The number of thioether (sulfide) groups is 1. The normalized spacial score (nSPS) is 15.9. The second-order valence-electron chi connectivity index (χ2n) is 4.32. The van der Waals surface area contributed by atoms with E-state index in [0.717, 1.165) is 0 Å². The fourth-order valence-electron chi connectivity index (χ4n) is 1.56. The van der Waals surface area contributed by atoms with Gasteiger partial charge in [-0.1, -0.05) is 23.4 Å². The number of carbonyl (C=O) groups excluding carboxylic acids is 1. The summed E-state index contributed by atoms with van der Waals surface area (Å²) in [6, 6.07) is 0. The predicted octanol–water partition coefficient (Wildman–Crippen LogP) is 1.45. The van der Waals surface area contributed by atoms with Crippen LogP contribution in [0.2, 0.25) is 5.02 Å². The average molecular weight is 302 g/mol. The highest BCUT2D eigenvalue weighted by Gasteiger charge is 2.50. The molecule has 6 nitrogen and oxygen atoms in total. The topological polar surface area (TPSA) is 92.2 Å². The number of aromatic nitrogens is 2. The highest BCUT2D eigenvalue weighted by molar-refractivity contribution is 7.98. The lowest BCUT2D eigenvalue weighted by atomic mass is 10.1. The molecule has 1 fully saturated rings. The molecule has 0 spiro atoms. The number of nitrogens with one attached hydrogen (secondary N) is 1. The van der Waals surface area contributed by atoms with E-state index in [4.69, 9.17) is 16.7 Å². The quantitative estimate of drug-likeness (QED) is 0.631. The molecule has 2 N–H and O–H groups in total. The van der Waals surface area contributed by atoms with Crippen molar-refractivity contribution in [2.75, 3.05) is 12.8 Å². The van der Waals surface area contributed by atoms with Crippen molar-refractivity contribution in [1.82, 2.24) is 15.3 Å². The van der Waals surface area contributed by atoms with Gasteiger partial charge in [0.25, 0.3) is 5.91 Å². The first-order valence-electron chi connectivity index (χ1n) is 5.57. The third-order valence-corrected chi connectivity index (χ3v) is 3.85. The number of rotatable bonds is 5. The Hall–Kier alpha value is -1.34. The standard InChI is InChI=1S/C11H12ClN3O3S/c1-19-10-13-4-6(12)7(15-10)8(16)14-5-11(2-3-11)9(17)18/h4H,2-3,5H2,1H3,(H,14,16)(H,17,18). The van der Waals surface area contributed by atoms with Crippen LogP contribution in [0.15, 0.2) is 11.4 Å². The van der Waals surface area contributed by atoms with E-state index in [1.807, 2.05) is 0 Å². The van der Waals surface area contributed by atoms with Crippen LogP contribution in [-0.2, 0) is 4.79 Å². The highest BCUT2D eigenvalue weighted by atomic mass is 35.5. The van der Waals surface area contributed by atoms with Crippen molar-refractivity contribution in [2.24, 2.45) is 5.41 Å². The molecule has 8 heteroatoms. The number of nitrogens with zero attached hydrogens (tertiary/aromatic N) is 2. The molecule has 102 valence electrons. The number of hydrogen-bond donors (Lipinski definition) is 2. The number of aliphatic carboxylic acids is 1. The molecule has 0 unspecified atom stereocenters. The SMILES string of the molecule is CSc1ncc(Cl)c(C(=O)NCC2(C(=O)O)CC2)n1. The summed E-state index contributed by atoms with van der Waals surface area (Å²) in [7, 11) is 0. The fourth-order valence-corrected chi connectivity index (χ4v) is 2.08. The van der Waals surface area contributed by atoms with Gasteiger partial charge in [0, 0.05) is 6.54 Å². The molecule has 1 aromatic heterocycles. The minimum atomic E-state index is -0.883. The average Bonchev–Trinajstić information content (AvgIpc) is 3.18. The first-order chi connectivity index (χ1) is 8.98. The molecule has 0 radical (unpaired) electrons. The zero-order chi connectivity index (χ0) is 14.0. The molecular weight excluding hydrogens is 290 g/mol. The molecule has 1 aromatic rings. The number of carbonyl (C=O) groups is 2. The summed E-state index contributed by atoms with van der Waals surface area (Å²) in [6.07, 6.45) is 4.31. The summed E-state index contributed by atoms with van der Waals surface area (Å²) >= 11 is 7.16. The summed E-state index contributed by atoms with van der Waals surface area (Å²) in [5, 5.41) is 12.2. The van der Waals surface area contributed by atoms with Crippen molar-refractivity contribution in [3.63, 3.8) is 0 Å². The number of hydrogen-bond acceptors (Lipinski definition) is 5. The summed E-state index contributed by atoms with van der Waals surface area (Å²) < 4.78 is 0. The van der Waals surface area contributed by atoms with Gasteiger partial charge >= 0.3 is 5.97 Å². The molecule has 0 aromatic carbocycles. The molecule has 0 bridgehead atoms. The molecule has 19 heavy (non-hydrogen) atoms. The van der Waals surface area contributed by atoms with E-state index in [1.165, 1.54) is 18.0 Å². The van der Waals surface area contributed by atoms with Gasteiger partial charge in [-0.05, 0) is 19.1 Å². The maximum Gasteiger partial charge on any atom is 0.311 e. The minimum Gasteiger partial charge on any atom is -0.481 e. The van der Waals surface area contributed by atoms with Crippen LogP contribution in [0.4, 0.5) is 0 Å². The molecule has 1 aliphatic carbocycles. The van der Waals surface area contributed by atoms with Crippen molar-refractivity contribution < 1.29 is 14.7 Å². The van der Waals surface area contributed by atoms with Crippen molar-refractivity contribution in [2.45, 2.75) is 18.0 Å². The summed E-state index contributed by atoms with van der Waals surface area (Å²) in [6.45, 7) is 0.0934. The molecule has 2 rings (SSSR count). The van der Waals surface area contributed by atoms with Gasteiger partial charge in [0.05, 0.1) is 16.6 Å². The molecule has 0 atom stereocenters. The minimum absolute atomic E-state index is 0.0715. The van der Waals surface area contributed by atoms with E-state index in [9.17, 15) is 9.59 Å². The molecule has 1 heterocycles. The van der Waals surface area contributed by atoms with Crippen LogP contribution < -0.4 is 5.32 Å². The first kappa shape index (κ1) is 14.1. The fraction of sp³-hybridized carbons (Fsp3) is 0.455. The maximum absolute atomic E-state index is 11.9. The maximum atomic E-state index is 11.9. The molecule has 1 aliphatic rings. The van der Waals surface area contributed by atoms with E-state index in [0.29, 0.717) is 18.0 Å². The van der Waals surface area contributed by atoms with Gasteiger partial charge in [-0.15, -0.1) is 0 Å². The van der Waals surface area contributed by atoms with Crippen LogP contribution in [0, 0.1) is 5.41 Å². The molecular formula is C11H12ClN3O3S. The monoisotopic (exact) mass is 301 g/mol. The van der Waals surface area contributed by atoms with Crippen molar-refractivity contribution in [3.05, 3.63) is 16.9 Å². The van der Waals surface area contributed by atoms with Gasteiger partial charge in [-0.25, -0.2) is 9.97 Å². The third-order valence-electron chi connectivity index (χ3n) is 3.01. The summed E-state index contributed by atoms with van der Waals surface area (Å²) in [4.78, 5) is 30.9. The second kappa shape index (κ2) is 5.34. The van der Waals surface area contributed by atoms with E-state index >= 15 is 0 Å². The molecule has 0 aliphatic heterocycles. The molecule has 0 saturated heterocycles. The highest BCUT2D eigenvalue weighted by Crippen LogP contribution is 2.45. The van der Waals surface area contributed by atoms with Crippen molar-refractivity contribution >= 4 is 35.2 Å². The van der Waals surface area contributed by atoms with Gasteiger partial charge in [-0.3, -0.25) is 9.59 Å². The van der Waals surface area contributed by atoms with Gasteiger partial charge in [0.1, 0.15) is 0 Å². The molecule has 1 amide bonds. The Bertz CT molecular complexity index is 534. The first-order valence-corrected chi connectivity index (χ1v) is 7.17. The Morgan fingerprint density at radius 2 is 2.26 bits per heavy atom. The second-order valence-corrected chi connectivity index (χ2v) is 5.50. The lowest BCUT2D eigenvalue weighted by Gasteiger charge is -2.11. The van der Waals surface area contributed by atoms with Crippen LogP contribution in [-0.4, -0.2) is 39.8 Å². The Morgan fingerprint density at radius 1 is 1.58 bits per heavy atom. The van der Waals surface area contributed by atoms with E-state index in [-0.39, 0.29) is 17.3 Å². The van der Waals surface area contributed by atoms with Crippen molar-refractivity contribution in [1.29, 1.82) is 0 Å². The van der Waals surface area contributed by atoms with E-state index in [2.05, 4.69) is 15.3 Å². The van der Waals surface area contributed by atoms with E-state index < -0.39 is 17.3 Å². The van der Waals surface area contributed by atoms with Gasteiger partial charge in [-0.2, -0.15) is 0 Å². The number of carboxylic acids is 1. The zero-order valence-electron chi connectivity index (χ0n) is 10.1. The number of amides is 1. The van der Waals surface area contributed by atoms with Gasteiger partial charge in [0.15, 0.2) is 10.9 Å². The largest absolute Gasteiger partial charge is 0.481 e. The van der Waals surface area contributed by atoms with E-state index in [1.54, 1.807) is 6.26 Å². The summed E-state index contributed by atoms with van der Waals surface area (Å²) in [5.41, 5.74) is -0.737. The lowest BCUT2D eigenvalue weighted by Crippen LogP contribution is -2.34. The Kier molecular flexibility index (Phi) is 3.96. The Morgan fingerprint density at radius 3 is 2.79 bits per heavy atom. The van der Waals surface area contributed by atoms with Crippen LogP contribution in [0.1, 0.15) is 23.3 Å². The predicted molar refractivity (Wildman–Crippen MR) is 70.5 cm³/mol. The third kappa shape index (κ3) is 2.98. The van der Waals surface area contributed by atoms with Gasteiger partial charge < -0.3 is 10.4 Å². The van der Waals surface area contributed by atoms with Crippen LogP contribution in [0.25, 0.3) is 0 Å². The van der Waals surface area contributed by atoms with Crippen LogP contribution in [0.5, 0.6) is 0 Å². The Labute approximate surface area is 119 Å². The smallest absolute Gasteiger partial charge is 0.311 e.